The number of benzene rings is 2. The normalized spacial score (nSPS) is 10.3. The average molecular weight is 278 g/mol. The lowest BCUT2D eigenvalue weighted by molar-refractivity contribution is 0.0997. The van der Waals surface area contributed by atoms with Gasteiger partial charge in [-0.3, -0.25) is 4.79 Å². The van der Waals surface area contributed by atoms with E-state index in [2.05, 4.69) is 5.32 Å². The Morgan fingerprint density at radius 3 is 2.38 bits per heavy atom. The quantitative estimate of drug-likeness (QED) is 0.716. The average Bonchev–Trinajstić information content (AvgIpc) is 2.98. The molecule has 0 radical (unpaired) electrons. The molecule has 0 saturated heterocycles. The fraction of sp³-hybridized carbons (Fsp3) is 0. The Bertz CT molecular complexity index is 763. The van der Waals surface area contributed by atoms with Gasteiger partial charge < -0.3 is 15.5 Å². The number of hydrogen-bond acceptors (Lipinski definition) is 3. The van der Waals surface area contributed by atoms with E-state index >= 15 is 0 Å². The van der Waals surface area contributed by atoms with Gasteiger partial charge in [-0.2, -0.15) is 0 Å². The van der Waals surface area contributed by atoms with Crippen LogP contribution >= 0.6 is 0 Å². The Morgan fingerprint density at radius 2 is 1.62 bits per heavy atom. The molecule has 1 amide bonds. The first-order chi connectivity index (χ1) is 10.2. The number of anilines is 2. The lowest BCUT2D eigenvalue weighted by Gasteiger charge is -2.03. The molecule has 4 heteroatoms. The predicted octanol–water partition coefficient (Wildman–Crippen LogP) is 3.78. The molecule has 4 nitrogen and oxygen atoms in total. The summed E-state index contributed by atoms with van der Waals surface area (Å²) in [6, 6.07) is 20.0. The van der Waals surface area contributed by atoms with Gasteiger partial charge in [-0.1, -0.05) is 30.3 Å². The van der Waals surface area contributed by atoms with Crippen molar-refractivity contribution in [2.24, 2.45) is 0 Å². The van der Waals surface area contributed by atoms with Crippen molar-refractivity contribution in [2.45, 2.75) is 0 Å². The third-order valence-corrected chi connectivity index (χ3v) is 3.09. The first-order valence-corrected chi connectivity index (χ1v) is 6.55. The maximum absolute atomic E-state index is 12.1. The second-order valence-corrected chi connectivity index (χ2v) is 4.57. The highest BCUT2D eigenvalue weighted by Gasteiger charge is 2.13. The molecule has 3 aromatic rings. The summed E-state index contributed by atoms with van der Waals surface area (Å²) in [6.45, 7) is 0. The molecular weight excluding hydrogens is 264 g/mol. The number of furan rings is 1. The van der Waals surface area contributed by atoms with Gasteiger partial charge in [0.15, 0.2) is 5.76 Å². The summed E-state index contributed by atoms with van der Waals surface area (Å²) in [5.74, 6) is 0.533. The molecule has 0 aliphatic carbocycles. The van der Waals surface area contributed by atoms with Crippen LogP contribution in [0.4, 0.5) is 11.4 Å². The molecule has 0 spiro atoms. The van der Waals surface area contributed by atoms with Gasteiger partial charge in [0.1, 0.15) is 5.76 Å². The van der Waals surface area contributed by atoms with Crippen LogP contribution in [0.3, 0.4) is 0 Å². The zero-order valence-corrected chi connectivity index (χ0v) is 11.2. The van der Waals surface area contributed by atoms with Crippen LogP contribution in [0.2, 0.25) is 0 Å². The lowest BCUT2D eigenvalue weighted by Crippen LogP contribution is -2.10. The molecule has 1 aromatic heterocycles. The summed E-state index contributed by atoms with van der Waals surface area (Å²) >= 11 is 0. The van der Waals surface area contributed by atoms with E-state index in [1.54, 1.807) is 18.2 Å². The summed E-state index contributed by atoms with van der Waals surface area (Å²) in [4.78, 5) is 12.1. The Balaban J connectivity index is 1.82. The first kappa shape index (κ1) is 13.0. The van der Waals surface area contributed by atoms with E-state index in [0.717, 1.165) is 11.3 Å². The molecule has 0 saturated carbocycles. The van der Waals surface area contributed by atoms with Crippen LogP contribution in [0.1, 0.15) is 10.6 Å². The minimum atomic E-state index is -0.290. The molecule has 2 aromatic carbocycles. The van der Waals surface area contributed by atoms with Crippen LogP contribution < -0.4 is 11.1 Å². The van der Waals surface area contributed by atoms with Crippen LogP contribution in [0.15, 0.2) is 71.1 Å². The molecule has 3 rings (SSSR count). The van der Waals surface area contributed by atoms with Crippen molar-refractivity contribution in [3.63, 3.8) is 0 Å². The topological polar surface area (TPSA) is 68.3 Å². The van der Waals surface area contributed by atoms with E-state index < -0.39 is 0 Å². The smallest absolute Gasteiger partial charge is 0.291 e. The molecule has 0 aliphatic heterocycles. The van der Waals surface area contributed by atoms with Gasteiger partial charge in [0.2, 0.25) is 0 Å². The number of nitrogens with one attached hydrogen (secondary N) is 1. The van der Waals surface area contributed by atoms with Crippen molar-refractivity contribution < 1.29 is 9.21 Å². The molecular formula is C17H14N2O2. The molecule has 0 unspecified atom stereocenters. The zero-order chi connectivity index (χ0) is 14.7. The summed E-state index contributed by atoms with van der Waals surface area (Å²) in [7, 11) is 0. The van der Waals surface area contributed by atoms with Crippen LogP contribution in [0, 0.1) is 0 Å². The van der Waals surface area contributed by atoms with Crippen LogP contribution in [-0.2, 0) is 0 Å². The minimum Gasteiger partial charge on any atom is -0.451 e. The molecule has 0 aliphatic rings. The van der Waals surface area contributed by atoms with Crippen LogP contribution in [0.5, 0.6) is 0 Å². The number of rotatable bonds is 3. The maximum Gasteiger partial charge on any atom is 0.291 e. The van der Waals surface area contributed by atoms with Gasteiger partial charge in [0, 0.05) is 16.9 Å². The lowest BCUT2D eigenvalue weighted by atomic mass is 10.1. The highest BCUT2D eigenvalue weighted by atomic mass is 16.3. The molecule has 104 valence electrons. The van der Waals surface area contributed by atoms with Gasteiger partial charge in [-0.25, -0.2) is 0 Å². The Labute approximate surface area is 122 Å². The Hall–Kier alpha value is -3.01. The Morgan fingerprint density at radius 1 is 0.905 bits per heavy atom. The molecule has 0 fully saturated rings. The highest BCUT2D eigenvalue weighted by molar-refractivity contribution is 6.02. The number of nitrogens with two attached hydrogens (primary N) is 1. The summed E-state index contributed by atoms with van der Waals surface area (Å²) in [5, 5.41) is 2.77. The fourth-order valence-electron chi connectivity index (χ4n) is 2.04. The van der Waals surface area contributed by atoms with Crippen molar-refractivity contribution in [1.82, 2.24) is 0 Å². The van der Waals surface area contributed by atoms with Gasteiger partial charge in [0.05, 0.1) is 0 Å². The van der Waals surface area contributed by atoms with Crippen molar-refractivity contribution >= 4 is 17.3 Å². The SMILES string of the molecule is Nc1ccccc1-c1ccc(C(=O)Nc2ccccc2)o1. The minimum absolute atomic E-state index is 0.247. The Kier molecular flexibility index (Phi) is 3.43. The van der Waals surface area contributed by atoms with E-state index in [4.69, 9.17) is 10.2 Å². The largest absolute Gasteiger partial charge is 0.451 e. The number of para-hydroxylation sites is 2. The zero-order valence-electron chi connectivity index (χ0n) is 11.2. The second kappa shape index (κ2) is 5.54. The van der Waals surface area contributed by atoms with E-state index in [-0.39, 0.29) is 11.7 Å². The highest BCUT2D eigenvalue weighted by Crippen LogP contribution is 2.27. The predicted molar refractivity (Wildman–Crippen MR) is 83.0 cm³/mol. The van der Waals surface area contributed by atoms with E-state index in [0.29, 0.717) is 11.4 Å². The number of carbonyl (C=O) groups is 1. The van der Waals surface area contributed by atoms with Crippen molar-refractivity contribution in [1.29, 1.82) is 0 Å². The maximum atomic E-state index is 12.1. The first-order valence-electron chi connectivity index (χ1n) is 6.55. The van der Waals surface area contributed by atoms with Crippen LogP contribution in [0.25, 0.3) is 11.3 Å². The van der Waals surface area contributed by atoms with Gasteiger partial charge in [-0.15, -0.1) is 0 Å². The summed E-state index contributed by atoms with van der Waals surface area (Å²) in [5.41, 5.74) is 8.01. The fourth-order valence-corrected chi connectivity index (χ4v) is 2.04. The van der Waals surface area contributed by atoms with E-state index in [1.807, 2.05) is 48.5 Å². The number of nitrogen functional groups attached to an aromatic ring is 1. The van der Waals surface area contributed by atoms with Gasteiger partial charge in [-0.05, 0) is 36.4 Å². The van der Waals surface area contributed by atoms with Gasteiger partial charge in [0.25, 0.3) is 5.91 Å². The van der Waals surface area contributed by atoms with Crippen LogP contribution in [-0.4, -0.2) is 5.91 Å². The molecule has 1 heterocycles. The van der Waals surface area contributed by atoms with Crippen molar-refractivity contribution in [3.05, 3.63) is 72.5 Å². The number of hydrogen-bond donors (Lipinski definition) is 2. The molecule has 21 heavy (non-hydrogen) atoms. The summed E-state index contributed by atoms with van der Waals surface area (Å²) in [6.07, 6.45) is 0. The second-order valence-electron chi connectivity index (χ2n) is 4.57. The standard InChI is InChI=1S/C17H14N2O2/c18-14-9-5-4-8-13(14)15-10-11-16(21-15)17(20)19-12-6-2-1-3-7-12/h1-11H,18H2,(H,19,20). The monoisotopic (exact) mass is 278 g/mol. The van der Waals surface area contributed by atoms with Crippen molar-refractivity contribution in [2.75, 3.05) is 11.1 Å². The number of carbonyl (C=O) groups excluding carboxylic acids is 1. The van der Waals surface area contributed by atoms with Crippen molar-refractivity contribution in [3.8, 4) is 11.3 Å². The van der Waals surface area contributed by atoms with E-state index in [1.165, 1.54) is 0 Å². The van der Waals surface area contributed by atoms with E-state index in [9.17, 15) is 4.79 Å². The molecule has 3 N–H and O–H groups in total. The molecule has 0 bridgehead atoms. The number of amides is 1. The molecule has 0 atom stereocenters. The third kappa shape index (κ3) is 2.79. The summed E-state index contributed by atoms with van der Waals surface area (Å²) < 4.78 is 5.59. The third-order valence-electron chi connectivity index (χ3n) is 3.09. The van der Waals surface area contributed by atoms with Gasteiger partial charge >= 0.3 is 0 Å².